The molecule has 0 fully saturated rings. The van der Waals surface area contributed by atoms with Crippen LogP contribution in [0.3, 0.4) is 0 Å². The van der Waals surface area contributed by atoms with E-state index in [4.69, 9.17) is 15.1 Å². The van der Waals surface area contributed by atoms with Gasteiger partial charge in [-0.3, -0.25) is 0 Å². The predicted octanol–water partition coefficient (Wildman–Crippen LogP) is 3.87. The second kappa shape index (κ2) is 6.69. The van der Waals surface area contributed by atoms with Gasteiger partial charge in [0, 0.05) is 23.2 Å². The minimum absolute atomic E-state index is 0.418. The highest BCUT2D eigenvalue weighted by Crippen LogP contribution is 2.29. The average molecular weight is 340 g/mol. The van der Waals surface area contributed by atoms with Gasteiger partial charge in [-0.2, -0.15) is 10.4 Å². The van der Waals surface area contributed by atoms with E-state index in [0.29, 0.717) is 12.1 Å². The SMILES string of the molecule is COc1ccc2c(Cc3cccc(C#N)n3)c(-c3ccccc3)nn2c1. The van der Waals surface area contributed by atoms with Gasteiger partial charge in [0.05, 0.1) is 24.5 Å². The van der Waals surface area contributed by atoms with Crippen LogP contribution in [0.15, 0.2) is 66.9 Å². The summed E-state index contributed by atoms with van der Waals surface area (Å²) in [4.78, 5) is 4.42. The monoisotopic (exact) mass is 340 g/mol. The first-order valence-corrected chi connectivity index (χ1v) is 8.25. The van der Waals surface area contributed by atoms with Crippen LogP contribution >= 0.6 is 0 Å². The van der Waals surface area contributed by atoms with Crippen LogP contribution in [-0.4, -0.2) is 21.7 Å². The molecule has 0 saturated heterocycles. The van der Waals surface area contributed by atoms with Crippen molar-refractivity contribution >= 4 is 5.52 Å². The van der Waals surface area contributed by atoms with Crippen LogP contribution in [0.25, 0.3) is 16.8 Å². The maximum Gasteiger partial charge on any atom is 0.140 e. The number of rotatable bonds is 4. The Kier molecular flexibility index (Phi) is 4.08. The summed E-state index contributed by atoms with van der Waals surface area (Å²) in [7, 11) is 1.64. The average Bonchev–Trinajstić information content (AvgIpc) is 3.06. The number of aromatic nitrogens is 3. The van der Waals surface area contributed by atoms with Crippen LogP contribution in [0.1, 0.15) is 17.0 Å². The van der Waals surface area contributed by atoms with Gasteiger partial charge in [0.1, 0.15) is 17.5 Å². The van der Waals surface area contributed by atoms with Crippen molar-refractivity contribution in [2.45, 2.75) is 6.42 Å². The smallest absolute Gasteiger partial charge is 0.140 e. The lowest BCUT2D eigenvalue weighted by Crippen LogP contribution is -1.96. The van der Waals surface area contributed by atoms with Crippen molar-refractivity contribution in [1.29, 1.82) is 5.26 Å². The summed E-state index contributed by atoms with van der Waals surface area (Å²) in [6.07, 6.45) is 2.46. The molecule has 0 aliphatic carbocycles. The molecule has 0 atom stereocenters. The summed E-state index contributed by atoms with van der Waals surface area (Å²) in [6, 6.07) is 21.6. The van der Waals surface area contributed by atoms with E-state index in [1.807, 2.05) is 65.3 Å². The lowest BCUT2D eigenvalue weighted by molar-refractivity contribution is 0.411. The molecule has 0 radical (unpaired) electrons. The van der Waals surface area contributed by atoms with Crippen LogP contribution in [0.5, 0.6) is 5.75 Å². The number of benzene rings is 1. The summed E-state index contributed by atoms with van der Waals surface area (Å²) < 4.78 is 7.15. The minimum Gasteiger partial charge on any atom is -0.495 e. The van der Waals surface area contributed by atoms with Gasteiger partial charge in [0.15, 0.2) is 0 Å². The summed E-state index contributed by atoms with van der Waals surface area (Å²) in [6.45, 7) is 0. The number of nitrogens with zero attached hydrogens (tertiary/aromatic N) is 4. The molecule has 5 heteroatoms. The van der Waals surface area contributed by atoms with Crippen molar-refractivity contribution in [3.8, 4) is 23.1 Å². The van der Waals surface area contributed by atoms with Gasteiger partial charge in [-0.15, -0.1) is 0 Å². The molecule has 1 aromatic carbocycles. The van der Waals surface area contributed by atoms with E-state index in [1.165, 1.54) is 0 Å². The zero-order valence-electron chi connectivity index (χ0n) is 14.3. The van der Waals surface area contributed by atoms with Crippen LogP contribution in [0.4, 0.5) is 0 Å². The molecule has 0 aliphatic heterocycles. The molecule has 3 aromatic heterocycles. The Bertz CT molecular complexity index is 1110. The largest absolute Gasteiger partial charge is 0.495 e. The van der Waals surface area contributed by atoms with Crippen LogP contribution in [0, 0.1) is 11.3 Å². The molecule has 0 bridgehead atoms. The van der Waals surface area contributed by atoms with Crippen molar-refractivity contribution in [3.63, 3.8) is 0 Å². The van der Waals surface area contributed by atoms with Crippen molar-refractivity contribution in [1.82, 2.24) is 14.6 Å². The van der Waals surface area contributed by atoms with Crippen LogP contribution < -0.4 is 4.74 Å². The van der Waals surface area contributed by atoms with E-state index in [-0.39, 0.29) is 0 Å². The number of ether oxygens (including phenoxy) is 1. The van der Waals surface area contributed by atoms with Gasteiger partial charge < -0.3 is 4.74 Å². The maximum absolute atomic E-state index is 9.11. The van der Waals surface area contributed by atoms with Crippen molar-refractivity contribution in [2.75, 3.05) is 7.11 Å². The fourth-order valence-electron chi connectivity index (χ4n) is 3.03. The molecule has 3 heterocycles. The van der Waals surface area contributed by atoms with Gasteiger partial charge in [0.25, 0.3) is 0 Å². The first kappa shape index (κ1) is 15.9. The first-order valence-electron chi connectivity index (χ1n) is 8.25. The van der Waals surface area contributed by atoms with Crippen molar-refractivity contribution < 1.29 is 4.74 Å². The molecule has 0 N–H and O–H groups in total. The molecule has 0 unspecified atom stereocenters. The second-order valence-corrected chi connectivity index (χ2v) is 5.89. The first-order chi connectivity index (χ1) is 12.8. The zero-order valence-corrected chi connectivity index (χ0v) is 14.3. The molecule has 4 aromatic rings. The Morgan fingerprint density at radius 2 is 1.88 bits per heavy atom. The molecular formula is C21H16N4O. The number of nitriles is 1. The standard InChI is InChI=1S/C21H16N4O/c1-26-18-10-11-20-19(12-16-8-5-9-17(13-22)23-16)21(24-25(20)14-18)15-6-3-2-4-7-15/h2-11,14H,12H2,1H3. The summed E-state index contributed by atoms with van der Waals surface area (Å²) in [5.41, 5.74) is 5.27. The molecule has 26 heavy (non-hydrogen) atoms. The highest BCUT2D eigenvalue weighted by molar-refractivity contribution is 5.73. The van der Waals surface area contributed by atoms with Crippen LogP contribution in [0.2, 0.25) is 0 Å². The third-order valence-electron chi connectivity index (χ3n) is 4.27. The van der Waals surface area contributed by atoms with Crippen LogP contribution in [-0.2, 0) is 6.42 Å². The van der Waals surface area contributed by atoms with Gasteiger partial charge in [-0.1, -0.05) is 36.4 Å². The van der Waals surface area contributed by atoms with E-state index < -0.39 is 0 Å². The summed E-state index contributed by atoms with van der Waals surface area (Å²) in [5.74, 6) is 0.746. The molecule has 0 aliphatic rings. The third-order valence-corrected chi connectivity index (χ3v) is 4.27. The van der Waals surface area contributed by atoms with Gasteiger partial charge in [0.2, 0.25) is 0 Å². The Morgan fingerprint density at radius 3 is 2.65 bits per heavy atom. The number of hydrogen-bond donors (Lipinski definition) is 0. The number of fused-ring (bicyclic) bond motifs is 1. The maximum atomic E-state index is 9.11. The molecule has 0 amide bonds. The lowest BCUT2D eigenvalue weighted by Gasteiger charge is -2.04. The summed E-state index contributed by atoms with van der Waals surface area (Å²) in [5, 5.41) is 13.9. The number of methoxy groups -OCH3 is 1. The van der Waals surface area contributed by atoms with Crippen molar-refractivity contribution in [2.24, 2.45) is 0 Å². The zero-order chi connectivity index (χ0) is 17.9. The van der Waals surface area contributed by atoms with E-state index >= 15 is 0 Å². The Balaban J connectivity index is 1.89. The molecule has 126 valence electrons. The van der Waals surface area contributed by atoms with E-state index in [9.17, 15) is 0 Å². The predicted molar refractivity (Wildman–Crippen MR) is 98.9 cm³/mol. The summed E-state index contributed by atoms with van der Waals surface area (Å²) >= 11 is 0. The highest BCUT2D eigenvalue weighted by atomic mass is 16.5. The Hall–Kier alpha value is -3.65. The molecule has 0 spiro atoms. The van der Waals surface area contributed by atoms with Crippen molar-refractivity contribution in [3.05, 3.63) is 83.8 Å². The van der Waals surface area contributed by atoms with Gasteiger partial charge in [-0.25, -0.2) is 9.50 Å². The van der Waals surface area contributed by atoms with E-state index in [0.717, 1.165) is 33.8 Å². The number of pyridine rings is 2. The van der Waals surface area contributed by atoms with E-state index in [1.54, 1.807) is 13.2 Å². The Morgan fingerprint density at radius 1 is 1.04 bits per heavy atom. The topological polar surface area (TPSA) is 63.2 Å². The fraction of sp³-hybridized carbons (Fsp3) is 0.0952. The Labute approximate surface area is 151 Å². The molecule has 4 rings (SSSR count). The van der Waals surface area contributed by atoms with Gasteiger partial charge in [-0.05, 0) is 24.3 Å². The lowest BCUT2D eigenvalue weighted by atomic mass is 10.0. The molecular weight excluding hydrogens is 324 g/mol. The quantitative estimate of drug-likeness (QED) is 0.566. The van der Waals surface area contributed by atoms with Gasteiger partial charge >= 0.3 is 0 Å². The minimum atomic E-state index is 0.418. The molecule has 0 saturated carbocycles. The fourth-order valence-corrected chi connectivity index (χ4v) is 3.03. The second-order valence-electron chi connectivity index (χ2n) is 5.89. The number of hydrogen-bond acceptors (Lipinski definition) is 4. The molecule has 5 nitrogen and oxygen atoms in total. The third kappa shape index (κ3) is 2.89. The highest BCUT2D eigenvalue weighted by Gasteiger charge is 2.16. The van der Waals surface area contributed by atoms with E-state index in [2.05, 4.69) is 11.1 Å². The normalized spacial score (nSPS) is 10.6.